The van der Waals surface area contributed by atoms with E-state index in [1.54, 1.807) is 66.9 Å². The summed E-state index contributed by atoms with van der Waals surface area (Å²) < 4.78 is 12.3. The van der Waals surface area contributed by atoms with E-state index < -0.39 is 17.9 Å². The smallest absolute Gasteiger partial charge is 0.347 e. The summed E-state index contributed by atoms with van der Waals surface area (Å²) >= 11 is 0. The van der Waals surface area contributed by atoms with Crippen molar-refractivity contribution in [3.05, 3.63) is 124 Å². The number of ether oxygens (including phenoxy) is 1. The van der Waals surface area contributed by atoms with Crippen LogP contribution in [0.25, 0.3) is 11.0 Å². The molecular weight excluding hydrogens is 444 g/mol. The van der Waals surface area contributed by atoms with E-state index in [-0.39, 0.29) is 11.5 Å². The molecule has 0 spiro atoms. The molecule has 0 unspecified atom stereocenters. The molecule has 5 aromatic rings. The lowest BCUT2D eigenvalue weighted by molar-refractivity contribution is -0.365. The number of phenolic OH excluding ortho intramolecular Hbond substituents is 2. The first-order valence-corrected chi connectivity index (χ1v) is 11.2. The molecule has 3 N–H and O–H groups in total. The Hall–Kier alpha value is -4.78. The zero-order valence-corrected chi connectivity index (χ0v) is 18.5. The number of aromatic amines is 1. The van der Waals surface area contributed by atoms with E-state index in [0.29, 0.717) is 28.1 Å². The number of hydrogen-bond donors (Lipinski definition) is 2. The molecule has 7 heteroatoms. The van der Waals surface area contributed by atoms with Crippen molar-refractivity contribution in [2.24, 2.45) is 0 Å². The van der Waals surface area contributed by atoms with Crippen LogP contribution in [0.1, 0.15) is 29.0 Å². The molecule has 0 radical (unpaired) electrons. The lowest BCUT2D eigenvalue weighted by Crippen LogP contribution is -2.45. The molecule has 172 valence electrons. The molecule has 0 aliphatic carbocycles. The van der Waals surface area contributed by atoms with Gasteiger partial charge in [0.25, 0.3) is 12.0 Å². The third-order valence-corrected chi connectivity index (χ3v) is 6.19. The van der Waals surface area contributed by atoms with Gasteiger partial charge >= 0.3 is 5.63 Å². The number of nitrogens with zero attached hydrogens (tertiary/aromatic N) is 1. The van der Waals surface area contributed by atoms with Gasteiger partial charge in [-0.2, -0.15) is 0 Å². The molecular formula is C28H21N2O5+. The van der Waals surface area contributed by atoms with Crippen LogP contribution in [0.15, 0.2) is 106 Å². The summed E-state index contributed by atoms with van der Waals surface area (Å²) in [6.45, 7) is 0. The zero-order valence-electron chi connectivity index (χ0n) is 18.5. The Morgan fingerprint density at radius 2 is 1.43 bits per heavy atom. The van der Waals surface area contributed by atoms with Crippen LogP contribution in [0.5, 0.6) is 17.2 Å². The molecule has 2 aromatic heterocycles. The van der Waals surface area contributed by atoms with Gasteiger partial charge in [0, 0.05) is 17.2 Å². The maximum atomic E-state index is 13.4. The Balaban J connectivity index is 1.68. The quantitative estimate of drug-likeness (QED) is 0.375. The summed E-state index contributed by atoms with van der Waals surface area (Å²) in [6.07, 6.45) is 1.15. The van der Waals surface area contributed by atoms with Gasteiger partial charge in [0.05, 0.1) is 11.6 Å². The van der Waals surface area contributed by atoms with Crippen molar-refractivity contribution in [2.45, 2.75) is 12.3 Å². The number of benzene rings is 3. The highest BCUT2D eigenvalue weighted by molar-refractivity contribution is 5.85. The predicted molar refractivity (Wildman–Crippen MR) is 129 cm³/mol. The van der Waals surface area contributed by atoms with Gasteiger partial charge in [-0.05, 0) is 54.6 Å². The van der Waals surface area contributed by atoms with E-state index in [4.69, 9.17) is 9.15 Å². The van der Waals surface area contributed by atoms with Crippen LogP contribution < -0.4 is 20.2 Å². The van der Waals surface area contributed by atoms with Gasteiger partial charge in [-0.3, -0.25) is 0 Å². The normalized spacial score (nSPS) is 17.1. The fourth-order valence-corrected chi connectivity index (χ4v) is 4.60. The first kappa shape index (κ1) is 20.8. The molecule has 2 atom stereocenters. The van der Waals surface area contributed by atoms with Gasteiger partial charge < -0.3 is 19.4 Å². The number of anilines is 1. The fourth-order valence-electron chi connectivity index (χ4n) is 4.60. The van der Waals surface area contributed by atoms with Gasteiger partial charge in [0.2, 0.25) is 0 Å². The molecule has 3 aromatic carbocycles. The minimum absolute atomic E-state index is 0.125. The second kappa shape index (κ2) is 8.22. The van der Waals surface area contributed by atoms with E-state index in [2.05, 4.69) is 4.98 Å². The Labute approximate surface area is 200 Å². The highest BCUT2D eigenvalue weighted by atomic mass is 16.5. The van der Waals surface area contributed by atoms with Crippen molar-refractivity contribution in [1.82, 2.24) is 0 Å². The van der Waals surface area contributed by atoms with Gasteiger partial charge in [0.15, 0.2) is 11.8 Å². The maximum absolute atomic E-state index is 13.4. The van der Waals surface area contributed by atoms with Crippen LogP contribution in [-0.4, -0.2) is 10.2 Å². The average Bonchev–Trinajstić information content (AvgIpc) is 2.89. The SMILES string of the molecule is O=c1oc2ccccc2c2c1[C@@H](c1ccc(O)cc1)N(c1cccc[nH+]1)[C@@H](c1ccc(O)cc1)O2. The molecule has 0 bridgehead atoms. The standard InChI is InChI=1S/C28H20N2O5/c31-19-12-8-17(9-13-19)25-24-26(21-5-1-2-6-22(21)34-28(24)33)35-27(18-10-14-20(32)15-11-18)30(25)23-7-3-4-16-29-23/h1-16,25,27,31-32H/p+1/t25-,27-/m1/s1. The molecule has 3 heterocycles. The summed E-state index contributed by atoms with van der Waals surface area (Å²) in [5.41, 5.74) is 1.86. The van der Waals surface area contributed by atoms with E-state index >= 15 is 0 Å². The van der Waals surface area contributed by atoms with Crippen molar-refractivity contribution >= 4 is 16.8 Å². The molecule has 1 aliphatic heterocycles. The second-order valence-corrected chi connectivity index (χ2v) is 8.34. The highest BCUT2D eigenvalue weighted by Crippen LogP contribution is 2.48. The molecule has 0 saturated heterocycles. The molecule has 0 fully saturated rings. The van der Waals surface area contributed by atoms with E-state index in [9.17, 15) is 15.0 Å². The van der Waals surface area contributed by atoms with Crippen LogP contribution >= 0.6 is 0 Å². The van der Waals surface area contributed by atoms with Crippen LogP contribution in [0.4, 0.5) is 5.82 Å². The highest BCUT2D eigenvalue weighted by Gasteiger charge is 2.47. The third-order valence-electron chi connectivity index (χ3n) is 6.19. The number of nitrogens with one attached hydrogen (secondary N) is 1. The molecule has 0 saturated carbocycles. The van der Waals surface area contributed by atoms with Gasteiger partial charge in [-0.15, -0.1) is 0 Å². The number of para-hydroxylation sites is 1. The molecule has 6 rings (SSSR count). The van der Waals surface area contributed by atoms with Crippen molar-refractivity contribution in [3.63, 3.8) is 0 Å². The second-order valence-electron chi connectivity index (χ2n) is 8.34. The summed E-state index contributed by atoms with van der Waals surface area (Å²) in [7, 11) is 0. The lowest BCUT2D eigenvalue weighted by atomic mass is 9.93. The fraction of sp³-hybridized carbons (Fsp3) is 0.0714. The monoisotopic (exact) mass is 465 g/mol. The van der Waals surface area contributed by atoms with Crippen molar-refractivity contribution in [1.29, 1.82) is 0 Å². The summed E-state index contributed by atoms with van der Waals surface area (Å²) in [5.74, 6) is 1.42. The number of phenols is 2. The maximum Gasteiger partial charge on any atom is 0.347 e. The van der Waals surface area contributed by atoms with Crippen molar-refractivity contribution in [3.8, 4) is 17.2 Å². The van der Waals surface area contributed by atoms with Crippen LogP contribution in [-0.2, 0) is 0 Å². The van der Waals surface area contributed by atoms with Gasteiger partial charge in [-0.25, -0.2) is 14.7 Å². The van der Waals surface area contributed by atoms with Gasteiger partial charge in [0.1, 0.15) is 22.6 Å². The number of H-pyrrole nitrogens is 1. The van der Waals surface area contributed by atoms with Gasteiger partial charge in [-0.1, -0.05) is 30.3 Å². The first-order chi connectivity index (χ1) is 17.1. The van der Waals surface area contributed by atoms with Crippen LogP contribution in [0, 0.1) is 0 Å². The largest absolute Gasteiger partial charge is 0.508 e. The minimum atomic E-state index is -0.647. The van der Waals surface area contributed by atoms with E-state index in [0.717, 1.165) is 11.1 Å². The summed E-state index contributed by atoms with van der Waals surface area (Å²) in [6, 6.07) is 25.9. The Kier molecular flexibility index (Phi) is 4.88. The molecule has 0 amide bonds. The number of rotatable bonds is 3. The minimum Gasteiger partial charge on any atom is -0.508 e. The first-order valence-electron chi connectivity index (χ1n) is 11.2. The topological polar surface area (TPSA) is 97.3 Å². The Bertz CT molecular complexity index is 1560. The summed E-state index contributed by atoms with van der Waals surface area (Å²) in [4.78, 5) is 18.7. The summed E-state index contributed by atoms with van der Waals surface area (Å²) in [5, 5.41) is 20.5. The number of hydrogen-bond acceptors (Lipinski definition) is 6. The van der Waals surface area contributed by atoms with Crippen LogP contribution in [0.2, 0.25) is 0 Å². The predicted octanol–water partition coefficient (Wildman–Crippen LogP) is 4.71. The Morgan fingerprint density at radius 1 is 0.771 bits per heavy atom. The molecule has 7 nitrogen and oxygen atoms in total. The third kappa shape index (κ3) is 3.54. The lowest BCUT2D eigenvalue weighted by Gasteiger charge is -2.38. The van der Waals surface area contributed by atoms with E-state index in [1.165, 1.54) is 0 Å². The molecule has 1 aliphatic rings. The van der Waals surface area contributed by atoms with Crippen LogP contribution in [0.3, 0.4) is 0 Å². The molecule has 35 heavy (non-hydrogen) atoms. The zero-order chi connectivity index (χ0) is 23.9. The number of aromatic hydroxyl groups is 2. The average molecular weight is 465 g/mol. The van der Waals surface area contributed by atoms with E-state index in [1.807, 2.05) is 35.2 Å². The number of aromatic nitrogens is 1. The number of pyridine rings is 1. The van der Waals surface area contributed by atoms with Crippen molar-refractivity contribution < 1.29 is 24.4 Å². The Morgan fingerprint density at radius 3 is 2.11 bits per heavy atom. The van der Waals surface area contributed by atoms with Crippen molar-refractivity contribution in [2.75, 3.05) is 4.90 Å². The number of fused-ring (bicyclic) bond motifs is 3.